The van der Waals surface area contributed by atoms with Crippen LogP contribution in [-0.4, -0.2) is 5.97 Å². The molecule has 0 bridgehead atoms. The molecular formula is C11H13ClO3. The number of benzene rings is 1. The van der Waals surface area contributed by atoms with Crippen LogP contribution in [0.1, 0.15) is 24.5 Å². The van der Waals surface area contributed by atoms with Crippen molar-refractivity contribution in [2.24, 2.45) is 0 Å². The highest BCUT2D eigenvalue weighted by molar-refractivity contribution is 6.17. The van der Waals surface area contributed by atoms with Gasteiger partial charge in [-0.1, -0.05) is 19.1 Å². The van der Waals surface area contributed by atoms with Crippen LogP contribution in [0.5, 0.6) is 5.75 Å². The second-order valence-corrected chi connectivity index (χ2v) is 3.40. The van der Waals surface area contributed by atoms with Gasteiger partial charge in [0.25, 0.3) is 0 Å². The minimum absolute atomic E-state index is 0.280. The summed E-state index contributed by atoms with van der Waals surface area (Å²) in [6.45, 7) is 3.62. The molecule has 0 aliphatic heterocycles. The van der Waals surface area contributed by atoms with E-state index in [4.69, 9.17) is 16.5 Å². The van der Waals surface area contributed by atoms with Gasteiger partial charge in [-0.2, -0.15) is 0 Å². The molecule has 3 nitrogen and oxygen atoms in total. The van der Waals surface area contributed by atoms with Crippen LogP contribution < -0.4 is 4.89 Å². The Hall–Kier alpha value is -1.22. The maximum atomic E-state index is 10.9. The van der Waals surface area contributed by atoms with Crippen molar-refractivity contribution < 1.29 is 14.6 Å². The topological polar surface area (TPSA) is 35.5 Å². The fourth-order valence-electron chi connectivity index (χ4n) is 1.00. The van der Waals surface area contributed by atoms with Gasteiger partial charge in [0.2, 0.25) is 0 Å². The van der Waals surface area contributed by atoms with Gasteiger partial charge < -0.3 is 0 Å². The number of halogens is 1. The third-order valence-electron chi connectivity index (χ3n) is 1.88. The molecule has 1 rings (SSSR count). The molecule has 0 saturated carbocycles. The number of hydrogen-bond donors (Lipinski definition) is 0. The summed E-state index contributed by atoms with van der Waals surface area (Å²) in [5.74, 6) is 0.406. The molecule has 0 radical (unpaired) electrons. The maximum absolute atomic E-state index is 10.9. The van der Waals surface area contributed by atoms with E-state index in [0.717, 1.165) is 11.1 Å². The summed E-state index contributed by atoms with van der Waals surface area (Å²) in [6.07, 6.45) is 0.280. The molecule has 1 aromatic rings. The number of rotatable bonds is 4. The van der Waals surface area contributed by atoms with Crippen LogP contribution >= 0.6 is 11.6 Å². The van der Waals surface area contributed by atoms with Gasteiger partial charge in [0.1, 0.15) is 0 Å². The standard InChI is InChI=1S/C11H13ClO3/c1-3-11(13)15-14-10-6-8(2)4-5-9(10)7-12/h4-6H,3,7H2,1-2H3. The van der Waals surface area contributed by atoms with Gasteiger partial charge in [-0.15, -0.1) is 11.6 Å². The third kappa shape index (κ3) is 3.44. The van der Waals surface area contributed by atoms with Gasteiger partial charge in [0.05, 0.1) is 5.88 Å². The smallest absolute Gasteiger partial charge is 0.287 e. The van der Waals surface area contributed by atoms with E-state index >= 15 is 0 Å². The van der Waals surface area contributed by atoms with Gasteiger partial charge >= 0.3 is 5.97 Å². The lowest BCUT2D eigenvalue weighted by Crippen LogP contribution is -2.07. The fraction of sp³-hybridized carbons (Fsp3) is 0.364. The molecule has 82 valence electrons. The number of aryl methyl sites for hydroxylation is 1. The first-order chi connectivity index (χ1) is 7.17. The first-order valence-corrected chi connectivity index (χ1v) is 5.23. The summed E-state index contributed by atoms with van der Waals surface area (Å²) < 4.78 is 0. The number of carbonyl (C=O) groups is 1. The largest absolute Gasteiger partial charge is 0.355 e. The Morgan fingerprint density at radius 2 is 2.20 bits per heavy atom. The molecule has 0 atom stereocenters. The minimum atomic E-state index is -0.406. The zero-order chi connectivity index (χ0) is 11.3. The Balaban J connectivity index is 2.74. The van der Waals surface area contributed by atoms with Crippen LogP contribution in [0.4, 0.5) is 0 Å². The van der Waals surface area contributed by atoms with Crippen molar-refractivity contribution in [3.05, 3.63) is 29.3 Å². The molecule has 0 fully saturated rings. The minimum Gasteiger partial charge on any atom is -0.287 e. The highest BCUT2D eigenvalue weighted by atomic mass is 35.5. The van der Waals surface area contributed by atoms with Gasteiger partial charge in [0.15, 0.2) is 5.75 Å². The van der Waals surface area contributed by atoms with Crippen molar-refractivity contribution >= 4 is 17.6 Å². The van der Waals surface area contributed by atoms with Gasteiger partial charge in [-0.25, -0.2) is 4.79 Å². The number of alkyl halides is 1. The van der Waals surface area contributed by atoms with Crippen LogP contribution in [-0.2, 0) is 15.6 Å². The highest BCUT2D eigenvalue weighted by Gasteiger charge is 2.07. The molecule has 0 aromatic heterocycles. The molecule has 0 aliphatic carbocycles. The monoisotopic (exact) mass is 228 g/mol. The Morgan fingerprint density at radius 1 is 1.47 bits per heavy atom. The third-order valence-corrected chi connectivity index (χ3v) is 2.17. The molecule has 0 unspecified atom stereocenters. The Morgan fingerprint density at radius 3 is 2.80 bits per heavy atom. The van der Waals surface area contributed by atoms with Crippen molar-refractivity contribution in [3.8, 4) is 5.75 Å². The molecule has 1 aromatic carbocycles. The molecule has 4 heteroatoms. The predicted molar refractivity (Wildman–Crippen MR) is 57.7 cm³/mol. The highest BCUT2D eigenvalue weighted by Crippen LogP contribution is 2.22. The van der Waals surface area contributed by atoms with E-state index in [1.54, 1.807) is 13.0 Å². The van der Waals surface area contributed by atoms with E-state index < -0.39 is 5.97 Å². The lowest BCUT2D eigenvalue weighted by atomic mass is 10.1. The normalized spacial score (nSPS) is 9.80. The molecule has 0 amide bonds. The van der Waals surface area contributed by atoms with Crippen LogP contribution in [0, 0.1) is 6.92 Å². The van der Waals surface area contributed by atoms with Crippen LogP contribution in [0.2, 0.25) is 0 Å². The summed E-state index contributed by atoms with van der Waals surface area (Å²) in [6, 6.07) is 5.55. The number of carbonyl (C=O) groups excluding carboxylic acids is 1. The summed E-state index contributed by atoms with van der Waals surface area (Å²) in [4.78, 5) is 20.4. The first-order valence-electron chi connectivity index (χ1n) is 4.70. The summed E-state index contributed by atoms with van der Waals surface area (Å²) in [7, 11) is 0. The van der Waals surface area contributed by atoms with E-state index in [0.29, 0.717) is 11.6 Å². The van der Waals surface area contributed by atoms with Crippen molar-refractivity contribution in [3.63, 3.8) is 0 Å². The fourth-order valence-corrected chi connectivity index (χ4v) is 1.22. The van der Waals surface area contributed by atoms with Gasteiger partial charge in [0, 0.05) is 12.0 Å². The Labute approximate surface area is 93.9 Å². The van der Waals surface area contributed by atoms with Crippen molar-refractivity contribution in [1.82, 2.24) is 0 Å². The Kier molecular flexibility index (Phi) is 4.43. The molecular weight excluding hydrogens is 216 g/mol. The van der Waals surface area contributed by atoms with Crippen LogP contribution in [0.25, 0.3) is 0 Å². The van der Waals surface area contributed by atoms with E-state index in [9.17, 15) is 4.79 Å². The lowest BCUT2D eigenvalue weighted by molar-refractivity contribution is -0.213. The van der Waals surface area contributed by atoms with E-state index in [-0.39, 0.29) is 6.42 Å². The first kappa shape index (κ1) is 11.9. The van der Waals surface area contributed by atoms with E-state index in [1.165, 1.54) is 0 Å². The molecule has 15 heavy (non-hydrogen) atoms. The Bertz CT molecular complexity index is 350. The molecule has 0 N–H and O–H groups in total. The summed E-state index contributed by atoms with van der Waals surface area (Å²) >= 11 is 5.71. The van der Waals surface area contributed by atoms with Crippen molar-refractivity contribution in [1.29, 1.82) is 0 Å². The lowest BCUT2D eigenvalue weighted by Gasteiger charge is -2.07. The van der Waals surface area contributed by atoms with Crippen LogP contribution in [0.15, 0.2) is 18.2 Å². The summed E-state index contributed by atoms with van der Waals surface area (Å²) in [5, 5.41) is 0. The molecule has 0 aliphatic rings. The van der Waals surface area contributed by atoms with E-state index in [1.807, 2.05) is 19.1 Å². The molecule has 0 heterocycles. The van der Waals surface area contributed by atoms with Crippen LogP contribution in [0.3, 0.4) is 0 Å². The zero-order valence-electron chi connectivity index (χ0n) is 8.75. The molecule has 0 spiro atoms. The quantitative estimate of drug-likeness (QED) is 0.452. The maximum Gasteiger partial charge on any atom is 0.355 e. The summed E-state index contributed by atoms with van der Waals surface area (Å²) in [5.41, 5.74) is 1.82. The SMILES string of the molecule is CCC(=O)OOc1cc(C)ccc1CCl. The second-order valence-electron chi connectivity index (χ2n) is 3.14. The predicted octanol–water partition coefficient (Wildman–Crippen LogP) is 2.98. The second kappa shape index (κ2) is 5.61. The number of hydrogen-bond acceptors (Lipinski definition) is 3. The zero-order valence-corrected chi connectivity index (χ0v) is 9.50. The van der Waals surface area contributed by atoms with Gasteiger partial charge in [-0.3, -0.25) is 9.78 Å². The average Bonchev–Trinajstić information content (AvgIpc) is 2.26. The average molecular weight is 229 g/mol. The molecule has 0 saturated heterocycles. The van der Waals surface area contributed by atoms with Gasteiger partial charge in [-0.05, 0) is 18.6 Å². The van der Waals surface area contributed by atoms with E-state index in [2.05, 4.69) is 4.89 Å². The van der Waals surface area contributed by atoms with Crippen molar-refractivity contribution in [2.75, 3.05) is 0 Å². The van der Waals surface area contributed by atoms with Crippen molar-refractivity contribution in [2.45, 2.75) is 26.1 Å².